The molecule has 0 fully saturated rings. The number of rotatable bonds is 3. The molecule has 0 aromatic carbocycles. The van der Waals surface area contributed by atoms with Gasteiger partial charge in [-0.3, -0.25) is 9.89 Å². The van der Waals surface area contributed by atoms with Crippen LogP contribution >= 0.6 is 34.5 Å². The van der Waals surface area contributed by atoms with Crippen LogP contribution in [0.3, 0.4) is 0 Å². The average molecular weight is 291 g/mol. The van der Waals surface area contributed by atoms with Crippen molar-refractivity contribution in [3.8, 4) is 0 Å². The Kier molecular flexibility index (Phi) is 3.66. The minimum Gasteiger partial charge on any atom is -0.342 e. The van der Waals surface area contributed by atoms with Crippen LogP contribution in [0.1, 0.15) is 29.1 Å². The Labute approximate surface area is 111 Å². The third kappa shape index (κ3) is 2.77. The van der Waals surface area contributed by atoms with Crippen molar-refractivity contribution in [1.29, 1.82) is 0 Å². The third-order valence-corrected chi connectivity index (χ3v) is 3.58. The zero-order valence-electron chi connectivity index (χ0n) is 8.70. The lowest BCUT2D eigenvalue weighted by Crippen LogP contribution is -2.27. The first-order valence-corrected chi connectivity index (χ1v) is 6.26. The van der Waals surface area contributed by atoms with Gasteiger partial charge in [-0.15, -0.1) is 11.3 Å². The van der Waals surface area contributed by atoms with E-state index in [4.69, 9.17) is 23.2 Å². The van der Waals surface area contributed by atoms with E-state index in [-0.39, 0.29) is 11.9 Å². The maximum absolute atomic E-state index is 11.9. The van der Waals surface area contributed by atoms with Crippen molar-refractivity contribution in [3.05, 3.63) is 32.5 Å². The van der Waals surface area contributed by atoms with Crippen molar-refractivity contribution in [2.75, 3.05) is 0 Å². The van der Waals surface area contributed by atoms with E-state index in [1.165, 1.54) is 12.4 Å². The molecule has 8 heteroatoms. The van der Waals surface area contributed by atoms with E-state index in [1.807, 2.05) is 0 Å². The van der Waals surface area contributed by atoms with Crippen LogP contribution in [0, 0.1) is 0 Å². The number of nitrogens with one attached hydrogen (secondary N) is 2. The lowest BCUT2D eigenvalue weighted by Gasteiger charge is -2.10. The summed E-state index contributed by atoms with van der Waals surface area (Å²) >= 11 is 12.8. The van der Waals surface area contributed by atoms with Crippen molar-refractivity contribution in [2.24, 2.45) is 0 Å². The summed E-state index contributed by atoms with van der Waals surface area (Å²) in [4.78, 5) is 15.8. The number of H-pyrrole nitrogens is 1. The highest BCUT2D eigenvalue weighted by Crippen LogP contribution is 2.31. The second kappa shape index (κ2) is 5.03. The van der Waals surface area contributed by atoms with Crippen molar-refractivity contribution in [2.45, 2.75) is 13.0 Å². The molecule has 0 bridgehead atoms. The molecule has 0 saturated heterocycles. The van der Waals surface area contributed by atoms with Crippen molar-refractivity contribution >= 4 is 40.4 Å². The van der Waals surface area contributed by atoms with Crippen LogP contribution in [0.4, 0.5) is 0 Å². The van der Waals surface area contributed by atoms with Crippen molar-refractivity contribution < 1.29 is 4.79 Å². The summed E-state index contributed by atoms with van der Waals surface area (Å²) in [5, 5.41) is 9.14. The first-order valence-electron chi connectivity index (χ1n) is 4.69. The smallest absolute Gasteiger partial charge is 0.254 e. The second-order valence-corrected chi connectivity index (χ2v) is 5.59. The SMILES string of the molecule is CC(NC(=O)c1cc(Cl)sc1Cl)c1ncn[nH]1. The molecule has 2 N–H and O–H groups in total. The monoisotopic (exact) mass is 290 g/mol. The Morgan fingerprint density at radius 1 is 1.59 bits per heavy atom. The molecule has 0 aliphatic heterocycles. The molecular formula is C9H8Cl2N4OS. The molecule has 5 nitrogen and oxygen atoms in total. The van der Waals surface area contributed by atoms with E-state index in [0.29, 0.717) is 20.1 Å². The van der Waals surface area contributed by atoms with Gasteiger partial charge in [0.05, 0.1) is 15.9 Å². The number of carbonyl (C=O) groups excluding carboxylic acids is 1. The standard InChI is InChI=1S/C9H8Cl2N4OS/c1-4(8-12-3-13-15-8)14-9(16)5-2-6(10)17-7(5)11/h2-4H,1H3,(H,14,16)(H,12,13,15). The van der Waals surface area contributed by atoms with Crippen LogP contribution in [0.2, 0.25) is 8.67 Å². The molecule has 0 saturated carbocycles. The van der Waals surface area contributed by atoms with Gasteiger partial charge in [0.25, 0.3) is 5.91 Å². The normalized spacial score (nSPS) is 12.4. The van der Waals surface area contributed by atoms with E-state index in [9.17, 15) is 4.79 Å². The van der Waals surface area contributed by atoms with Crippen LogP contribution in [-0.2, 0) is 0 Å². The van der Waals surface area contributed by atoms with Gasteiger partial charge in [-0.1, -0.05) is 23.2 Å². The summed E-state index contributed by atoms with van der Waals surface area (Å²) in [6.45, 7) is 1.79. The summed E-state index contributed by atoms with van der Waals surface area (Å²) < 4.78 is 0.852. The van der Waals surface area contributed by atoms with Crippen LogP contribution in [0.25, 0.3) is 0 Å². The van der Waals surface area contributed by atoms with Gasteiger partial charge in [0.2, 0.25) is 0 Å². The maximum atomic E-state index is 11.9. The second-order valence-electron chi connectivity index (χ2n) is 3.30. The molecule has 0 radical (unpaired) electrons. The highest BCUT2D eigenvalue weighted by atomic mass is 35.5. The lowest BCUT2D eigenvalue weighted by atomic mass is 10.2. The number of halogens is 2. The quantitative estimate of drug-likeness (QED) is 0.913. The molecule has 17 heavy (non-hydrogen) atoms. The minimum atomic E-state index is -0.290. The van der Waals surface area contributed by atoms with Gasteiger partial charge in [0.1, 0.15) is 16.5 Å². The van der Waals surface area contributed by atoms with Gasteiger partial charge in [0.15, 0.2) is 0 Å². The van der Waals surface area contributed by atoms with Gasteiger partial charge in [-0.2, -0.15) is 5.10 Å². The number of hydrogen-bond donors (Lipinski definition) is 2. The fourth-order valence-corrected chi connectivity index (χ4v) is 2.72. The van der Waals surface area contributed by atoms with E-state index in [1.54, 1.807) is 6.92 Å². The first-order chi connectivity index (χ1) is 8.08. The third-order valence-electron chi connectivity index (χ3n) is 2.09. The Morgan fingerprint density at radius 3 is 2.88 bits per heavy atom. The highest BCUT2D eigenvalue weighted by molar-refractivity contribution is 7.20. The molecule has 2 heterocycles. The number of thiophene rings is 1. The summed E-state index contributed by atoms with van der Waals surface area (Å²) in [6, 6.07) is 1.26. The number of amides is 1. The molecule has 1 atom stereocenters. The average Bonchev–Trinajstić information content (AvgIpc) is 2.87. The Bertz CT molecular complexity index is 525. The van der Waals surface area contributed by atoms with Crippen LogP contribution in [0.15, 0.2) is 12.4 Å². The fourth-order valence-electron chi connectivity index (χ4n) is 1.26. The predicted octanol–water partition coefficient (Wildman–Crippen LogP) is 2.66. The van der Waals surface area contributed by atoms with Gasteiger partial charge < -0.3 is 5.32 Å². The molecule has 1 unspecified atom stereocenters. The predicted molar refractivity (Wildman–Crippen MR) is 66.6 cm³/mol. The summed E-state index contributed by atoms with van der Waals surface area (Å²) in [6.07, 6.45) is 1.38. The fraction of sp³-hybridized carbons (Fsp3) is 0.222. The zero-order chi connectivity index (χ0) is 12.4. The number of aromatic nitrogens is 3. The number of nitrogens with zero attached hydrogens (tertiary/aromatic N) is 2. The summed E-state index contributed by atoms with van der Waals surface area (Å²) in [5.74, 6) is 0.290. The van der Waals surface area contributed by atoms with Crippen molar-refractivity contribution in [1.82, 2.24) is 20.5 Å². The highest BCUT2D eigenvalue weighted by Gasteiger charge is 2.17. The van der Waals surface area contributed by atoms with E-state index in [0.717, 1.165) is 11.3 Å². The topological polar surface area (TPSA) is 70.7 Å². The number of aromatic amines is 1. The molecule has 2 aromatic heterocycles. The number of hydrogen-bond acceptors (Lipinski definition) is 4. The van der Waals surface area contributed by atoms with E-state index < -0.39 is 0 Å². The van der Waals surface area contributed by atoms with Crippen LogP contribution in [0.5, 0.6) is 0 Å². The van der Waals surface area contributed by atoms with Gasteiger partial charge >= 0.3 is 0 Å². The molecule has 0 aliphatic carbocycles. The Morgan fingerprint density at radius 2 is 2.35 bits per heavy atom. The summed E-state index contributed by atoms with van der Waals surface area (Å²) in [7, 11) is 0. The van der Waals surface area contributed by atoms with Crippen LogP contribution in [-0.4, -0.2) is 21.1 Å². The lowest BCUT2D eigenvalue weighted by molar-refractivity contribution is 0.0939. The Balaban J connectivity index is 2.09. The van der Waals surface area contributed by atoms with Gasteiger partial charge in [-0.05, 0) is 13.0 Å². The van der Waals surface area contributed by atoms with Gasteiger partial charge in [-0.25, -0.2) is 4.98 Å². The molecule has 2 rings (SSSR count). The molecule has 0 spiro atoms. The van der Waals surface area contributed by atoms with E-state index in [2.05, 4.69) is 20.5 Å². The Hall–Kier alpha value is -1.11. The largest absolute Gasteiger partial charge is 0.342 e. The summed E-state index contributed by atoms with van der Waals surface area (Å²) in [5.41, 5.74) is 0.369. The minimum absolute atomic E-state index is 0.278. The first kappa shape index (κ1) is 12.3. The maximum Gasteiger partial charge on any atom is 0.254 e. The molecule has 0 aliphatic rings. The molecular weight excluding hydrogens is 283 g/mol. The molecule has 1 amide bonds. The van der Waals surface area contributed by atoms with E-state index >= 15 is 0 Å². The van der Waals surface area contributed by atoms with Crippen molar-refractivity contribution in [3.63, 3.8) is 0 Å². The molecule has 90 valence electrons. The zero-order valence-corrected chi connectivity index (χ0v) is 11.0. The number of carbonyl (C=O) groups is 1. The van der Waals surface area contributed by atoms with Gasteiger partial charge in [0, 0.05) is 0 Å². The molecule has 2 aromatic rings. The van der Waals surface area contributed by atoms with Crippen LogP contribution < -0.4 is 5.32 Å².